The zero-order valence-electron chi connectivity index (χ0n) is 17.4. The van der Waals surface area contributed by atoms with Gasteiger partial charge in [-0.25, -0.2) is 0 Å². The van der Waals surface area contributed by atoms with Crippen LogP contribution in [0.3, 0.4) is 0 Å². The fourth-order valence-electron chi connectivity index (χ4n) is 3.16. The molecule has 0 radical (unpaired) electrons. The van der Waals surface area contributed by atoms with Gasteiger partial charge in [0.25, 0.3) is 5.91 Å². The molecule has 0 bridgehead atoms. The van der Waals surface area contributed by atoms with E-state index >= 15 is 0 Å². The van der Waals surface area contributed by atoms with Gasteiger partial charge in [-0.1, -0.05) is 24.3 Å². The largest absolute Gasteiger partial charge is 0.493 e. The maximum atomic E-state index is 12.7. The Morgan fingerprint density at radius 1 is 0.897 bits per heavy atom. The molecule has 0 aliphatic rings. The highest BCUT2D eigenvalue weighted by molar-refractivity contribution is 6.04. The summed E-state index contributed by atoms with van der Waals surface area (Å²) in [5.74, 6) is 1.41. The Bertz CT molecular complexity index is 996. The summed E-state index contributed by atoms with van der Waals surface area (Å²) in [5, 5.41) is 2.91. The van der Waals surface area contributed by atoms with Crippen molar-refractivity contribution in [1.82, 2.24) is 0 Å². The molecular weight excluding hydrogens is 362 g/mol. The highest BCUT2D eigenvalue weighted by Crippen LogP contribution is 2.27. The fraction of sp³-hybridized carbons (Fsp3) is 0.240. The summed E-state index contributed by atoms with van der Waals surface area (Å²) >= 11 is 0. The normalized spacial score (nSPS) is 10.5. The van der Waals surface area contributed by atoms with Gasteiger partial charge < -0.3 is 14.8 Å². The molecule has 150 valence electrons. The molecule has 4 nitrogen and oxygen atoms in total. The van der Waals surface area contributed by atoms with Gasteiger partial charge in [-0.2, -0.15) is 0 Å². The summed E-state index contributed by atoms with van der Waals surface area (Å²) in [4.78, 5) is 12.7. The van der Waals surface area contributed by atoms with Gasteiger partial charge >= 0.3 is 0 Å². The van der Waals surface area contributed by atoms with Crippen LogP contribution >= 0.6 is 0 Å². The van der Waals surface area contributed by atoms with Crippen LogP contribution < -0.4 is 14.8 Å². The lowest BCUT2D eigenvalue weighted by atomic mass is 10.1. The zero-order valence-corrected chi connectivity index (χ0v) is 17.4. The summed E-state index contributed by atoms with van der Waals surface area (Å²) in [5.41, 5.74) is 5.63. The fourth-order valence-corrected chi connectivity index (χ4v) is 3.16. The number of rotatable bonds is 7. The molecule has 0 heterocycles. The maximum Gasteiger partial charge on any atom is 0.255 e. The van der Waals surface area contributed by atoms with Crippen LogP contribution in [0.5, 0.6) is 11.5 Å². The van der Waals surface area contributed by atoms with Gasteiger partial charge in [0.05, 0.1) is 6.61 Å². The van der Waals surface area contributed by atoms with Crippen molar-refractivity contribution in [2.45, 2.75) is 34.3 Å². The quantitative estimate of drug-likeness (QED) is 0.552. The molecule has 0 fully saturated rings. The summed E-state index contributed by atoms with van der Waals surface area (Å²) in [6.45, 7) is 9.00. The minimum absolute atomic E-state index is 0.164. The Balaban J connectivity index is 1.82. The summed E-state index contributed by atoms with van der Waals surface area (Å²) in [6.07, 6.45) is 0. The predicted octanol–water partition coefficient (Wildman–Crippen LogP) is 5.84. The number of carbonyl (C=O) groups is 1. The van der Waals surface area contributed by atoms with Gasteiger partial charge in [0.1, 0.15) is 18.1 Å². The molecular formula is C25H27NO3. The molecule has 3 rings (SSSR count). The van der Waals surface area contributed by atoms with E-state index in [2.05, 4.69) is 32.2 Å². The number of anilines is 1. The first-order valence-electron chi connectivity index (χ1n) is 9.80. The number of nitrogens with one attached hydrogen (secondary N) is 1. The van der Waals surface area contributed by atoms with E-state index in [0.29, 0.717) is 18.8 Å². The minimum atomic E-state index is -0.164. The number of benzene rings is 3. The Kier molecular flexibility index (Phi) is 6.55. The lowest BCUT2D eigenvalue weighted by molar-refractivity contribution is 0.102. The number of hydrogen-bond donors (Lipinski definition) is 1. The number of aryl methyl sites for hydroxylation is 2. The molecule has 0 saturated carbocycles. The number of ether oxygens (including phenoxy) is 2. The van der Waals surface area contributed by atoms with Crippen LogP contribution in [0.4, 0.5) is 5.69 Å². The molecule has 29 heavy (non-hydrogen) atoms. The minimum Gasteiger partial charge on any atom is -0.493 e. The molecule has 1 amide bonds. The van der Waals surface area contributed by atoms with E-state index in [1.54, 1.807) is 6.07 Å². The second-order valence-electron chi connectivity index (χ2n) is 7.07. The van der Waals surface area contributed by atoms with Gasteiger partial charge in [0.2, 0.25) is 0 Å². The molecule has 0 spiro atoms. The topological polar surface area (TPSA) is 47.6 Å². The van der Waals surface area contributed by atoms with Crippen LogP contribution in [-0.2, 0) is 6.61 Å². The first-order valence-corrected chi connectivity index (χ1v) is 9.80. The van der Waals surface area contributed by atoms with E-state index in [0.717, 1.165) is 33.9 Å². The SMILES string of the molecule is CCOc1ccc(C(=O)Nc2ccccc2)cc1COc1cc(C)cc(C)c1C. The zero-order chi connectivity index (χ0) is 20.8. The van der Waals surface area contributed by atoms with Crippen LogP contribution in [0, 0.1) is 20.8 Å². The van der Waals surface area contributed by atoms with E-state index < -0.39 is 0 Å². The lowest BCUT2D eigenvalue weighted by Gasteiger charge is -2.16. The molecule has 1 N–H and O–H groups in total. The number of amides is 1. The number of carbonyl (C=O) groups excluding carboxylic acids is 1. The van der Waals surface area contributed by atoms with Crippen LogP contribution in [0.2, 0.25) is 0 Å². The lowest BCUT2D eigenvalue weighted by Crippen LogP contribution is -2.13. The number of hydrogen-bond acceptors (Lipinski definition) is 3. The van der Waals surface area contributed by atoms with E-state index in [1.165, 1.54) is 5.56 Å². The second kappa shape index (κ2) is 9.28. The summed E-state index contributed by atoms with van der Waals surface area (Å²) in [7, 11) is 0. The van der Waals surface area contributed by atoms with Gasteiger partial charge in [-0.05, 0) is 80.8 Å². The highest BCUT2D eigenvalue weighted by atomic mass is 16.5. The van der Waals surface area contributed by atoms with Crippen molar-refractivity contribution in [2.24, 2.45) is 0 Å². The molecule has 4 heteroatoms. The van der Waals surface area contributed by atoms with Crippen LogP contribution in [0.25, 0.3) is 0 Å². The molecule has 0 aromatic heterocycles. The highest BCUT2D eigenvalue weighted by Gasteiger charge is 2.13. The molecule has 3 aromatic rings. The average molecular weight is 389 g/mol. The first kappa shape index (κ1) is 20.5. The first-order chi connectivity index (χ1) is 14.0. The van der Waals surface area contributed by atoms with Crippen molar-refractivity contribution in [1.29, 1.82) is 0 Å². The summed E-state index contributed by atoms with van der Waals surface area (Å²) in [6, 6.07) is 19.0. The molecule has 0 aliphatic carbocycles. The third-order valence-electron chi connectivity index (χ3n) is 4.80. The van der Waals surface area contributed by atoms with Crippen LogP contribution in [0.15, 0.2) is 60.7 Å². The Morgan fingerprint density at radius 3 is 2.38 bits per heavy atom. The standard InChI is InChI=1S/C25H27NO3/c1-5-28-23-12-11-20(25(27)26-22-9-7-6-8-10-22)15-21(23)16-29-24-14-17(2)13-18(3)19(24)4/h6-15H,5,16H2,1-4H3,(H,26,27). The smallest absolute Gasteiger partial charge is 0.255 e. The average Bonchev–Trinajstić information content (AvgIpc) is 2.71. The van der Waals surface area contributed by atoms with Crippen molar-refractivity contribution in [2.75, 3.05) is 11.9 Å². The van der Waals surface area contributed by atoms with Crippen molar-refractivity contribution in [3.8, 4) is 11.5 Å². The number of para-hydroxylation sites is 1. The van der Waals surface area contributed by atoms with E-state index in [-0.39, 0.29) is 5.91 Å². The second-order valence-corrected chi connectivity index (χ2v) is 7.07. The maximum absolute atomic E-state index is 12.7. The van der Waals surface area contributed by atoms with Gasteiger partial charge in [-0.15, -0.1) is 0 Å². The molecule has 0 unspecified atom stereocenters. The van der Waals surface area contributed by atoms with E-state index in [1.807, 2.05) is 55.5 Å². The predicted molar refractivity (Wildman–Crippen MR) is 117 cm³/mol. The van der Waals surface area contributed by atoms with Crippen molar-refractivity contribution in [3.63, 3.8) is 0 Å². The molecule has 3 aromatic carbocycles. The van der Waals surface area contributed by atoms with Crippen LogP contribution in [-0.4, -0.2) is 12.5 Å². The van der Waals surface area contributed by atoms with E-state index in [9.17, 15) is 4.79 Å². The van der Waals surface area contributed by atoms with Gasteiger partial charge in [0.15, 0.2) is 0 Å². The third-order valence-corrected chi connectivity index (χ3v) is 4.80. The van der Waals surface area contributed by atoms with Gasteiger partial charge in [-0.3, -0.25) is 4.79 Å². The molecule has 0 aliphatic heterocycles. The van der Waals surface area contributed by atoms with Crippen molar-refractivity contribution >= 4 is 11.6 Å². The Labute approximate surface area is 172 Å². The third kappa shape index (κ3) is 5.17. The van der Waals surface area contributed by atoms with Crippen LogP contribution in [0.1, 0.15) is 39.5 Å². The molecule has 0 atom stereocenters. The Morgan fingerprint density at radius 2 is 1.66 bits per heavy atom. The van der Waals surface area contributed by atoms with Crippen molar-refractivity contribution in [3.05, 3.63) is 88.5 Å². The monoisotopic (exact) mass is 389 g/mol. The summed E-state index contributed by atoms with van der Waals surface area (Å²) < 4.78 is 11.9. The van der Waals surface area contributed by atoms with Gasteiger partial charge in [0, 0.05) is 16.8 Å². The Hall–Kier alpha value is -3.27. The van der Waals surface area contributed by atoms with E-state index in [4.69, 9.17) is 9.47 Å². The van der Waals surface area contributed by atoms with Crippen molar-refractivity contribution < 1.29 is 14.3 Å². The molecule has 0 saturated heterocycles.